The number of rotatable bonds is 1. The van der Waals surface area contributed by atoms with Gasteiger partial charge in [-0.15, -0.1) is 0 Å². The van der Waals surface area contributed by atoms with E-state index in [0.29, 0.717) is 16.9 Å². The highest BCUT2D eigenvalue weighted by atomic mass is 79.9. The molecule has 94 valence electrons. The smallest absolute Gasteiger partial charge is 0.196 e. The van der Waals surface area contributed by atoms with Gasteiger partial charge in [-0.3, -0.25) is 4.79 Å². The van der Waals surface area contributed by atoms with Crippen LogP contribution in [-0.4, -0.2) is 5.78 Å². The second-order valence-electron chi connectivity index (χ2n) is 4.40. The van der Waals surface area contributed by atoms with E-state index in [9.17, 15) is 4.79 Å². The second kappa shape index (κ2) is 4.67. The van der Waals surface area contributed by atoms with Gasteiger partial charge in [0.2, 0.25) is 0 Å². The van der Waals surface area contributed by atoms with Crippen molar-refractivity contribution in [3.8, 4) is 5.75 Å². The lowest BCUT2D eigenvalue weighted by atomic mass is 9.92. The van der Waals surface area contributed by atoms with Gasteiger partial charge >= 0.3 is 0 Å². The molecular weight excluding hydrogens is 304 g/mol. The Bertz CT molecular complexity index is 659. The summed E-state index contributed by atoms with van der Waals surface area (Å²) in [7, 11) is 0. The van der Waals surface area contributed by atoms with Crippen LogP contribution in [0.5, 0.6) is 5.75 Å². The zero-order valence-electron chi connectivity index (χ0n) is 10.1. The first-order chi connectivity index (χ1) is 9.16. The third-order valence-electron chi connectivity index (χ3n) is 3.16. The molecule has 1 heterocycles. The van der Waals surface area contributed by atoms with Crippen LogP contribution < -0.4 is 4.74 Å². The lowest BCUT2D eigenvalue weighted by Gasteiger charge is -2.27. The van der Waals surface area contributed by atoms with E-state index in [1.165, 1.54) is 0 Å². The average molecular weight is 315 g/mol. The first-order valence-corrected chi connectivity index (χ1v) is 6.71. The summed E-state index contributed by atoms with van der Waals surface area (Å²) in [5, 5.41) is 0. The van der Waals surface area contributed by atoms with Crippen molar-refractivity contribution in [3.05, 3.63) is 76.3 Å². The Labute approximate surface area is 119 Å². The summed E-state index contributed by atoms with van der Waals surface area (Å²) in [5.74, 6) is 0.572. The Balaban J connectivity index is 2.04. The van der Waals surface area contributed by atoms with Gasteiger partial charge in [-0.1, -0.05) is 46.8 Å². The molecule has 0 bridgehead atoms. The number of ether oxygens (including phenoxy) is 1. The number of hydrogen-bond acceptors (Lipinski definition) is 2. The minimum absolute atomic E-state index is 0.0465. The van der Waals surface area contributed by atoms with Gasteiger partial charge in [0.1, 0.15) is 5.75 Å². The Morgan fingerprint density at radius 2 is 1.74 bits per heavy atom. The van der Waals surface area contributed by atoms with E-state index in [4.69, 9.17) is 4.74 Å². The number of Topliss-reactive ketones (excluding diaryl/α,β-unsaturated/α-hetero) is 1. The molecule has 0 unspecified atom stereocenters. The van der Waals surface area contributed by atoms with Crippen molar-refractivity contribution in [1.82, 2.24) is 0 Å². The van der Waals surface area contributed by atoms with Gasteiger partial charge in [-0.2, -0.15) is 0 Å². The molecule has 0 aromatic heterocycles. The number of benzene rings is 2. The van der Waals surface area contributed by atoms with Gasteiger partial charge < -0.3 is 4.74 Å². The Hall–Kier alpha value is -1.87. The molecule has 0 N–H and O–H groups in total. The van der Waals surface area contributed by atoms with Crippen molar-refractivity contribution < 1.29 is 9.53 Å². The molecule has 0 saturated heterocycles. The van der Waals surface area contributed by atoms with Crippen LogP contribution in [0.2, 0.25) is 0 Å². The minimum Gasteiger partial charge on any atom is -0.480 e. The number of para-hydroxylation sites is 1. The van der Waals surface area contributed by atoms with Crippen LogP contribution in [0, 0.1) is 0 Å². The highest BCUT2D eigenvalue weighted by Gasteiger charge is 2.30. The Kier molecular flexibility index (Phi) is 2.99. The van der Waals surface area contributed by atoms with Crippen LogP contribution in [0.4, 0.5) is 0 Å². The summed E-state index contributed by atoms with van der Waals surface area (Å²) in [4.78, 5) is 12.3. The summed E-state index contributed by atoms with van der Waals surface area (Å²) in [6.45, 7) is 3.89. The van der Waals surface area contributed by atoms with E-state index in [2.05, 4.69) is 22.5 Å². The van der Waals surface area contributed by atoms with Crippen LogP contribution in [0.3, 0.4) is 0 Å². The average Bonchev–Trinajstić information content (AvgIpc) is 2.44. The highest BCUT2D eigenvalue weighted by Crippen LogP contribution is 2.37. The molecule has 3 heteroatoms. The van der Waals surface area contributed by atoms with Crippen LogP contribution in [0.15, 0.2) is 65.2 Å². The molecule has 1 aliphatic heterocycles. The summed E-state index contributed by atoms with van der Waals surface area (Å²) in [6.07, 6.45) is -0.407. The first kappa shape index (κ1) is 12.2. The topological polar surface area (TPSA) is 26.3 Å². The molecule has 0 spiro atoms. The zero-order valence-corrected chi connectivity index (χ0v) is 11.7. The predicted octanol–water partition coefficient (Wildman–Crippen LogP) is 4.32. The zero-order chi connectivity index (χ0) is 13.4. The van der Waals surface area contributed by atoms with Gasteiger partial charge in [0.05, 0.1) is 5.56 Å². The van der Waals surface area contributed by atoms with Gasteiger partial charge in [-0.05, 0) is 29.8 Å². The first-order valence-electron chi connectivity index (χ1n) is 5.91. The quantitative estimate of drug-likeness (QED) is 0.733. The minimum atomic E-state index is -0.407. The fourth-order valence-electron chi connectivity index (χ4n) is 2.15. The standard InChI is InChI=1S/C16H11BrO2/c1-10-15(18)13-4-2-3-5-14(13)19-16(10)11-6-8-12(17)9-7-11/h2-9,16H,1H2/t16-/m0/s1. The van der Waals surface area contributed by atoms with E-state index in [-0.39, 0.29) is 5.78 Å². The monoisotopic (exact) mass is 314 g/mol. The second-order valence-corrected chi connectivity index (χ2v) is 5.32. The van der Waals surface area contributed by atoms with E-state index >= 15 is 0 Å². The summed E-state index contributed by atoms with van der Waals surface area (Å²) in [5.41, 5.74) is 1.98. The van der Waals surface area contributed by atoms with E-state index in [1.807, 2.05) is 42.5 Å². The number of carbonyl (C=O) groups is 1. The van der Waals surface area contributed by atoms with Crippen LogP contribution >= 0.6 is 15.9 Å². The molecule has 0 fully saturated rings. The number of halogens is 1. The molecule has 0 amide bonds. The highest BCUT2D eigenvalue weighted by molar-refractivity contribution is 9.10. The van der Waals surface area contributed by atoms with Crippen molar-refractivity contribution in [1.29, 1.82) is 0 Å². The van der Waals surface area contributed by atoms with Gasteiger partial charge in [0, 0.05) is 10.0 Å². The molecule has 2 aromatic rings. The lowest BCUT2D eigenvalue weighted by Crippen LogP contribution is -2.22. The predicted molar refractivity (Wildman–Crippen MR) is 77.4 cm³/mol. The van der Waals surface area contributed by atoms with Crippen LogP contribution in [0.1, 0.15) is 22.0 Å². The molecule has 19 heavy (non-hydrogen) atoms. The van der Waals surface area contributed by atoms with E-state index < -0.39 is 6.10 Å². The molecule has 1 aliphatic rings. The summed E-state index contributed by atoms with van der Waals surface area (Å²) >= 11 is 3.39. The summed E-state index contributed by atoms with van der Waals surface area (Å²) < 4.78 is 6.90. The van der Waals surface area contributed by atoms with Crippen LogP contribution in [-0.2, 0) is 0 Å². The normalized spacial score (nSPS) is 17.8. The molecular formula is C16H11BrO2. The molecule has 0 saturated carbocycles. The fraction of sp³-hybridized carbons (Fsp3) is 0.0625. The van der Waals surface area contributed by atoms with Crippen molar-refractivity contribution in [2.75, 3.05) is 0 Å². The maximum Gasteiger partial charge on any atom is 0.196 e. The molecule has 2 nitrogen and oxygen atoms in total. The van der Waals surface area contributed by atoms with Crippen molar-refractivity contribution in [3.63, 3.8) is 0 Å². The maximum atomic E-state index is 12.3. The number of carbonyl (C=O) groups excluding carboxylic acids is 1. The van der Waals surface area contributed by atoms with Gasteiger partial charge in [-0.25, -0.2) is 0 Å². The van der Waals surface area contributed by atoms with Crippen molar-refractivity contribution in [2.24, 2.45) is 0 Å². The van der Waals surface area contributed by atoms with E-state index in [0.717, 1.165) is 10.0 Å². The third kappa shape index (κ3) is 2.10. The number of hydrogen-bond donors (Lipinski definition) is 0. The van der Waals surface area contributed by atoms with Crippen molar-refractivity contribution >= 4 is 21.7 Å². The van der Waals surface area contributed by atoms with E-state index in [1.54, 1.807) is 6.07 Å². The molecule has 0 radical (unpaired) electrons. The molecule has 2 aromatic carbocycles. The third-order valence-corrected chi connectivity index (χ3v) is 3.69. The number of fused-ring (bicyclic) bond motifs is 1. The molecule has 1 atom stereocenters. The van der Waals surface area contributed by atoms with Gasteiger partial charge in [0.25, 0.3) is 0 Å². The SMILES string of the molecule is C=C1C(=O)c2ccccc2O[C@@H]1c1ccc(Br)cc1. The largest absolute Gasteiger partial charge is 0.480 e. The van der Waals surface area contributed by atoms with Gasteiger partial charge in [0.15, 0.2) is 11.9 Å². The summed E-state index contributed by atoms with van der Waals surface area (Å²) in [6, 6.07) is 15.0. The van der Waals surface area contributed by atoms with Crippen LogP contribution in [0.25, 0.3) is 0 Å². The molecule has 3 rings (SSSR count). The molecule has 0 aliphatic carbocycles. The Morgan fingerprint density at radius 3 is 2.47 bits per heavy atom. The number of ketones is 1. The fourth-order valence-corrected chi connectivity index (χ4v) is 2.42. The lowest BCUT2D eigenvalue weighted by molar-refractivity contribution is 0.0962. The van der Waals surface area contributed by atoms with Crippen molar-refractivity contribution in [2.45, 2.75) is 6.10 Å². The Morgan fingerprint density at radius 1 is 1.05 bits per heavy atom. The maximum absolute atomic E-state index is 12.3.